The number of nitrogens with zero attached hydrogens (tertiary/aromatic N) is 3. The highest BCUT2D eigenvalue weighted by Crippen LogP contribution is 2.36. The minimum absolute atomic E-state index is 0. The van der Waals surface area contributed by atoms with Crippen molar-refractivity contribution >= 4 is 45.9 Å². The molecule has 0 aromatic heterocycles. The molecule has 3 aliphatic rings. The van der Waals surface area contributed by atoms with Crippen LogP contribution < -0.4 is 10.6 Å². The van der Waals surface area contributed by atoms with Crippen LogP contribution in [0.15, 0.2) is 4.99 Å². The first-order valence-corrected chi connectivity index (χ1v) is 11.4. The number of aliphatic imine (C=N–C) groups is 1. The molecular formula is C17H32IN5O3S. The van der Waals surface area contributed by atoms with Gasteiger partial charge in [0.25, 0.3) is 0 Å². The zero-order valence-electron chi connectivity index (χ0n) is 16.2. The summed E-state index contributed by atoms with van der Waals surface area (Å²) >= 11 is 0. The number of guanidine groups is 1. The zero-order valence-corrected chi connectivity index (χ0v) is 19.4. The Morgan fingerprint density at radius 3 is 2.78 bits per heavy atom. The van der Waals surface area contributed by atoms with Gasteiger partial charge in [-0.1, -0.05) is 0 Å². The van der Waals surface area contributed by atoms with Crippen LogP contribution in [0, 0.1) is 11.3 Å². The molecule has 2 N–H and O–H groups in total. The predicted octanol–water partition coefficient (Wildman–Crippen LogP) is 0.454. The van der Waals surface area contributed by atoms with Crippen LogP contribution in [-0.4, -0.2) is 81.6 Å². The molecule has 27 heavy (non-hydrogen) atoms. The maximum atomic E-state index is 11.7. The molecule has 0 radical (unpaired) electrons. The molecule has 8 nitrogen and oxygen atoms in total. The summed E-state index contributed by atoms with van der Waals surface area (Å²) in [5.74, 6) is 1.32. The number of nitrogens with one attached hydrogen (secondary N) is 2. The van der Waals surface area contributed by atoms with Crippen LogP contribution >= 0.6 is 24.0 Å². The van der Waals surface area contributed by atoms with Crippen LogP contribution in [0.4, 0.5) is 0 Å². The van der Waals surface area contributed by atoms with Crippen molar-refractivity contribution in [1.29, 1.82) is 0 Å². The lowest BCUT2D eigenvalue weighted by atomic mass is 9.79. The molecule has 2 unspecified atom stereocenters. The molecule has 0 aromatic carbocycles. The number of sulfonamides is 1. The number of halogens is 1. The van der Waals surface area contributed by atoms with Gasteiger partial charge in [-0.2, -0.15) is 0 Å². The highest BCUT2D eigenvalue weighted by atomic mass is 127. The standard InChI is InChI=1S/C17H31N5O3S.HI/c1-3-18-16(19-10-14-5-8-22(11-14)26(2,24)25)21-7-4-6-17(13-21)9-15(23)20-12-17;/h14H,3-13H2,1-2H3,(H,18,19)(H,20,23);1H. The molecule has 0 bridgehead atoms. The lowest BCUT2D eigenvalue weighted by Crippen LogP contribution is -2.51. The minimum atomic E-state index is -3.11. The predicted molar refractivity (Wildman–Crippen MR) is 117 cm³/mol. The third kappa shape index (κ3) is 5.69. The average molecular weight is 513 g/mol. The van der Waals surface area contributed by atoms with Gasteiger partial charge in [0.2, 0.25) is 15.9 Å². The van der Waals surface area contributed by atoms with Gasteiger partial charge in [-0.05, 0) is 32.1 Å². The highest BCUT2D eigenvalue weighted by Gasteiger charge is 2.42. The van der Waals surface area contributed by atoms with Crippen LogP contribution in [0.2, 0.25) is 0 Å². The molecule has 0 aliphatic carbocycles. The van der Waals surface area contributed by atoms with Crippen molar-refractivity contribution in [3.63, 3.8) is 0 Å². The smallest absolute Gasteiger partial charge is 0.220 e. The molecule has 3 fully saturated rings. The fourth-order valence-corrected chi connectivity index (χ4v) is 5.24. The molecule has 156 valence electrons. The summed E-state index contributed by atoms with van der Waals surface area (Å²) < 4.78 is 24.9. The maximum absolute atomic E-state index is 11.7. The number of hydrogen-bond acceptors (Lipinski definition) is 4. The third-order valence-electron chi connectivity index (χ3n) is 5.71. The minimum Gasteiger partial charge on any atom is -0.357 e. The Hall–Kier alpha value is -0.620. The van der Waals surface area contributed by atoms with Crippen molar-refractivity contribution < 1.29 is 13.2 Å². The van der Waals surface area contributed by atoms with Crippen LogP contribution in [0.3, 0.4) is 0 Å². The summed E-state index contributed by atoms with van der Waals surface area (Å²) in [5.41, 5.74) is 0.0337. The van der Waals surface area contributed by atoms with E-state index in [0.717, 1.165) is 51.4 Å². The van der Waals surface area contributed by atoms with Crippen LogP contribution in [-0.2, 0) is 14.8 Å². The van der Waals surface area contributed by atoms with Crippen molar-refractivity contribution in [3.8, 4) is 0 Å². The van der Waals surface area contributed by atoms with Crippen molar-refractivity contribution in [1.82, 2.24) is 19.8 Å². The third-order valence-corrected chi connectivity index (χ3v) is 6.98. The molecule has 10 heteroatoms. The first-order valence-electron chi connectivity index (χ1n) is 9.56. The molecule has 3 heterocycles. The molecule has 3 aliphatic heterocycles. The fraction of sp³-hybridized carbons (Fsp3) is 0.882. The van der Waals surface area contributed by atoms with E-state index in [1.54, 1.807) is 4.31 Å². The lowest BCUT2D eigenvalue weighted by molar-refractivity contribution is -0.119. The van der Waals surface area contributed by atoms with Crippen LogP contribution in [0.1, 0.15) is 32.6 Å². The van der Waals surface area contributed by atoms with Crippen LogP contribution in [0.25, 0.3) is 0 Å². The van der Waals surface area contributed by atoms with Gasteiger partial charge in [0.1, 0.15) is 0 Å². The zero-order chi connectivity index (χ0) is 18.8. The van der Waals surface area contributed by atoms with Crippen molar-refractivity contribution in [3.05, 3.63) is 0 Å². The molecule has 0 aromatic rings. The second-order valence-corrected chi connectivity index (χ2v) is 9.93. The topological polar surface area (TPSA) is 94.1 Å². The fourth-order valence-electron chi connectivity index (χ4n) is 4.32. The Morgan fingerprint density at radius 1 is 1.41 bits per heavy atom. The van der Waals surface area contributed by atoms with E-state index >= 15 is 0 Å². The van der Waals surface area contributed by atoms with Gasteiger partial charge in [-0.25, -0.2) is 12.7 Å². The molecule has 2 atom stereocenters. The summed E-state index contributed by atoms with van der Waals surface area (Å²) in [5, 5.41) is 6.35. The largest absolute Gasteiger partial charge is 0.357 e. The van der Waals surface area contributed by atoms with Crippen molar-refractivity contribution in [2.24, 2.45) is 16.3 Å². The SMILES string of the molecule is CCNC(=NCC1CCN(S(C)(=O)=O)C1)N1CCCC2(CNC(=O)C2)C1.I. The Labute approximate surface area is 179 Å². The quantitative estimate of drug-likeness (QED) is 0.324. The van der Waals surface area contributed by atoms with Gasteiger partial charge in [0.15, 0.2) is 5.96 Å². The first kappa shape index (κ1) is 22.7. The van der Waals surface area contributed by atoms with E-state index in [0.29, 0.717) is 26.1 Å². The number of hydrogen-bond donors (Lipinski definition) is 2. The monoisotopic (exact) mass is 513 g/mol. The lowest BCUT2D eigenvalue weighted by Gasteiger charge is -2.40. The van der Waals surface area contributed by atoms with E-state index in [4.69, 9.17) is 4.99 Å². The van der Waals surface area contributed by atoms with Crippen molar-refractivity contribution in [2.75, 3.05) is 52.1 Å². The normalized spacial score (nSPS) is 29.7. The number of carbonyl (C=O) groups is 1. The Morgan fingerprint density at radius 2 is 2.19 bits per heavy atom. The van der Waals surface area contributed by atoms with E-state index in [1.165, 1.54) is 6.26 Å². The summed E-state index contributed by atoms with van der Waals surface area (Å²) in [6.07, 6.45) is 4.87. The van der Waals surface area contributed by atoms with Gasteiger partial charge in [0, 0.05) is 57.6 Å². The van der Waals surface area contributed by atoms with E-state index in [2.05, 4.69) is 22.5 Å². The second-order valence-electron chi connectivity index (χ2n) is 7.95. The van der Waals surface area contributed by atoms with Gasteiger partial charge in [-0.3, -0.25) is 9.79 Å². The van der Waals surface area contributed by atoms with E-state index in [9.17, 15) is 13.2 Å². The Balaban J connectivity index is 0.00000261. The number of likely N-dealkylation sites (tertiary alicyclic amines) is 1. The average Bonchev–Trinajstić information content (AvgIpc) is 3.19. The number of amides is 1. The van der Waals surface area contributed by atoms with E-state index < -0.39 is 10.0 Å². The molecule has 1 amide bonds. The summed E-state index contributed by atoms with van der Waals surface area (Å²) in [7, 11) is -3.11. The van der Waals surface area contributed by atoms with Gasteiger partial charge in [-0.15, -0.1) is 24.0 Å². The van der Waals surface area contributed by atoms with E-state index in [1.807, 2.05) is 0 Å². The molecule has 3 rings (SSSR count). The summed E-state index contributed by atoms with van der Waals surface area (Å²) in [6.45, 7) is 7.18. The summed E-state index contributed by atoms with van der Waals surface area (Å²) in [4.78, 5) is 18.8. The highest BCUT2D eigenvalue weighted by molar-refractivity contribution is 14.0. The van der Waals surface area contributed by atoms with Gasteiger partial charge >= 0.3 is 0 Å². The molecule has 1 spiro atoms. The van der Waals surface area contributed by atoms with Crippen molar-refractivity contribution in [2.45, 2.75) is 32.6 Å². The second kappa shape index (κ2) is 9.25. The number of carbonyl (C=O) groups excluding carboxylic acids is 1. The Bertz CT molecular complexity index is 671. The van der Waals surface area contributed by atoms with Gasteiger partial charge in [0.05, 0.1) is 6.26 Å². The summed E-state index contributed by atoms with van der Waals surface area (Å²) in [6, 6.07) is 0. The van der Waals surface area contributed by atoms with Gasteiger partial charge < -0.3 is 15.5 Å². The number of rotatable bonds is 4. The molecule has 0 saturated carbocycles. The van der Waals surface area contributed by atoms with Crippen LogP contribution in [0.5, 0.6) is 0 Å². The Kier molecular flexibility index (Phi) is 7.77. The molecule has 3 saturated heterocycles. The maximum Gasteiger partial charge on any atom is 0.220 e. The molecular weight excluding hydrogens is 481 g/mol. The first-order chi connectivity index (χ1) is 12.3. The number of piperidine rings is 1. The van der Waals surface area contributed by atoms with E-state index in [-0.39, 0.29) is 41.2 Å².